The maximum Gasteiger partial charge on any atom is 0.0992 e. The molecule has 5 heteroatoms. The predicted octanol–water partition coefficient (Wildman–Crippen LogP) is 3.89. The highest BCUT2D eigenvalue weighted by Gasteiger charge is 2.03. The Balaban J connectivity index is 2.21. The molecule has 0 saturated heterocycles. The van der Waals surface area contributed by atoms with Gasteiger partial charge in [0.1, 0.15) is 0 Å². The van der Waals surface area contributed by atoms with Gasteiger partial charge in [0.2, 0.25) is 0 Å². The molecule has 1 aromatic heterocycles. The van der Waals surface area contributed by atoms with Crippen molar-refractivity contribution in [3.05, 3.63) is 46.7 Å². The van der Waals surface area contributed by atoms with Crippen LogP contribution in [0.2, 0.25) is 0 Å². The van der Waals surface area contributed by atoms with E-state index in [9.17, 15) is 0 Å². The average Bonchev–Trinajstić information content (AvgIpc) is 2.42. The molecule has 0 aliphatic carbocycles. The largest absolute Gasteiger partial charge is 0.384 e. The lowest BCUT2D eigenvalue weighted by Crippen LogP contribution is -1.99. The number of hydrogen-bond acceptors (Lipinski definition) is 4. The van der Waals surface area contributed by atoms with Gasteiger partial charge in [-0.3, -0.25) is 4.98 Å². The van der Waals surface area contributed by atoms with E-state index in [1.165, 1.54) is 0 Å². The number of hydrogen-bond donors (Lipinski definition) is 2. The van der Waals surface area contributed by atoms with E-state index in [2.05, 4.69) is 37.6 Å². The van der Waals surface area contributed by atoms with Gasteiger partial charge in [0, 0.05) is 11.0 Å². The topological polar surface area (TPSA) is 60.7 Å². The van der Waals surface area contributed by atoms with Gasteiger partial charge in [-0.05, 0) is 47.1 Å². The molecule has 0 amide bonds. The first-order valence-electron chi connectivity index (χ1n) is 5.88. The fourth-order valence-corrected chi connectivity index (χ4v) is 2.13. The van der Waals surface area contributed by atoms with Crippen LogP contribution in [0, 0.1) is 11.3 Å². The molecule has 1 aromatic carbocycles. The first-order chi connectivity index (χ1) is 9.22. The van der Waals surface area contributed by atoms with Crippen LogP contribution in [0.1, 0.15) is 12.5 Å². The van der Waals surface area contributed by atoms with Crippen LogP contribution in [0.25, 0.3) is 0 Å². The lowest BCUT2D eigenvalue weighted by Gasteiger charge is -2.10. The lowest BCUT2D eigenvalue weighted by molar-refractivity contribution is 1.19. The standard InChI is InChI=1S/C14H13BrN4/c1-2-18-11-6-12(9-17-8-11)19-14-4-3-10(7-16)5-13(14)15/h3-6,8-9,18-19H,2H2,1H3. The number of nitriles is 1. The summed E-state index contributed by atoms with van der Waals surface area (Å²) in [5, 5.41) is 15.3. The number of aromatic nitrogens is 1. The van der Waals surface area contributed by atoms with Gasteiger partial charge in [0.15, 0.2) is 0 Å². The summed E-state index contributed by atoms with van der Waals surface area (Å²) in [4.78, 5) is 4.17. The fourth-order valence-electron chi connectivity index (χ4n) is 1.65. The van der Waals surface area contributed by atoms with Gasteiger partial charge in [0.25, 0.3) is 0 Å². The molecule has 0 spiro atoms. The number of anilines is 3. The Morgan fingerprint density at radius 3 is 2.74 bits per heavy atom. The van der Waals surface area contributed by atoms with E-state index >= 15 is 0 Å². The van der Waals surface area contributed by atoms with Gasteiger partial charge in [0.05, 0.1) is 41.1 Å². The van der Waals surface area contributed by atoms with Crippen molar-refractivity contribution in [2.45, 2.75) is 6.92 Å². The van der Waals surface area contributed by atoms with Gasteiger partial charge < -0.3 is 10.6 Å². The molecule has 0 aliphatic heterocycles. The van der Waals surface area contributed by atoms with Crippen LogP contribution in [0.4, 0.5) is 17.1 Å². The number of rotatable bonds is 4. The van der Waals surface area contributed by atoms with Gasteiger partial charge in [-0.15, -0.1) is 0 Å². The molecule has 19 heavy (non-hydrogen) atoms. The monoisotopic (exact) mass is 316 g/mol. The van der Waals surface area contributed by atoms with Crippen LogP contribution in [0.3, 0.4) is 0 Å². The number of pyridine rings is 1. The van der Waals surface area contributed by atoms with Crippen LogP contribution in [0.15, 0.2) is 41.1 Å². The predicted molar refractivity (Wildman–Crippen MR) is 80.5 cm³/mol. The summed E-state index contributed by atoms with van der Waals surface area (Å²) in [5.41, 5.74) is 3.38. The minimum Gasteiger partial charge on any atom is -0.384 e. The van der Waals surface area contributed by atoms with Crippen molar-refractivity contribution in [1.29, 1.82) is 5.26 Å². The third-order valence-corrected chi connectivity index (χ3v) is 3.15. The van der Waals surface area contributed by atoms with Gasteiger partial charge >= 0.3 is 0 Å². The number of benzene rings is 1. The Morgan fingerprint density at radius 1 is 1.26 bits per heavy atom. The minimum absolute atomic E-state index is 0.622. The summed E-state index contributed by atoms with van der Waals surface area (Å²) >= 11 is 3.45. The van der Waals surface area contributed by atoms with Crippen LogP contribution in [-0.4, -0.2) is 11.5 Å². The van der Waals surface area contributed by atoms with Crippen molar-refractivity contribution in [2.24, 2.45) is 0 Å². The van der Waals surface area contributed by atoms with Crippen LogP contribution in [0.5, 0.6) is 0 Å². The molecule has 4 nitrogen and oxygen atoms in total. The highest BCUT2D eigenvalue weighted by Crippen LogP contribution is 2.27. The van der Waals surface area contributed by atoms with E-state index in [1.807, 2.05) is 19.1 Å². The van der Waals surface area contributed by atoms with Crippen molar-refractivity contribution in [3.8, 4) is 6.07 Å². The van der Waals surface area contributed by atoms with E-state index in [-0.39, 0.29) is 0 Å². The Labute approximate surface area is 120 Å². The Bertz CT molecular complexity index is 619. The molecule has 0 bridgehead atoms. The number of halogens is 1. The molecule has 0 fully saturated rings. The fraction of sp³-hybridized carbons (Fsp3) is 0.143. The second kappa shape index (κ2) is 6.21. The molecule has 0 saturated carbocycles. The van der Waals surface area contributed by atoms with Crippen molar-refractivity contribution in [3.63, 3.8) is 0 Å². The number of nitrogens with one attached hydrogen (secondary N) is 2. The zero-order valence-electron chi connectivity index (χ0n) is 10.4. The van der Waals surface area contributed by atoms with Crippen LogP contribution in [-0.2, 0) is 0 Å². The van der Waals surface area contributed by atoms with Gasteiger partial charge in [-0.25, -0.2) is 0 Å². The van der Waals surface area contributed by atoms with Crippen LogP contribution >= 0.6 is 15.9 Å². The van der Waals surface area contributed by atoms with Gasteiger partial charge in [-0.1, -0.05) is 0 Å². The Morgan fingerprint density at radius 2 is 2.05 bits per heavy atom. The molecule has 0 unspecified atom stereocenters. The zero-order chi connectivity index (χ0) is 13.7. The quantitative estimate of drug-likeness (QED) is 0.898. The molecular formula is C14H13BrN4. The second-order valence-corrected chi connectivity index (χ2v) is 4.78. The molecule has 2 aromatic rings. The van der Waals surface area contributed by atoms with E-state index in [0.717, 1.165) is 28.1 Å². The van der Waals surface area contributed by atoms with Crippen molar-refractivity contribution in [1.82, 2.24) is 4.98 Å². The highest BCUT2D eigenvalue weighted by molar-refractivity contribution is 9.10. The summed E-state index contributed by atoms with van der Waals surface area (Å²) in [6, 6.07) is 9.51. The summed E-state index contributed by atoms with van der Waals surface area (Å²) in [7, 11) is 0. The van der Waals surface area contributed by atoms with E-state index < -0.39 is 0 Å². The van der Waals surface area contributed by atoms with Crippen molar-refractivity contribution < 1.29 is 0 Å². The molecule has 0 aliphatic rings. The first-order valence-corrected chi connectivity index (χ1v) is 6.68. The molecule has 96 valence electrons. The molecule has 0 radical (unpaired) electrons. The van der Waals surface area contributed by atoms with Gasteiger partial charge in [-0.2, -0.15) is 5.26 Å². The minimum atomic E-state index is 0.622. The normalized spacial score (nSPS) is 9.74. The average molecular weight is 317 g/mol. The smallest absolute Gasteiger partial charge is 0.0992 e. The summed E-state index contributed by atoms with van der Waals surface area (Å²) in [6.45, 7) is 2.89. The van der Waals surface area contributed by atoms with E-state index in [0.29, 0.717) is 5.56 Å². The van der Waals surface area contributed by atoms with Crippen molar-refractivity contribution >= 4 is 33.0 Å². The zero-order valence-corrected chi connectivity index (χ0v) is 12.0. The lowest BCUT2D eigenvalue weighted by atomic mass is 10.2. The summed E-state index contributed by atoms with van der Waals surface area (Å²) in [5.74, 6) is 0. The SMILES string of the molecule is CCNc1cncc(Nc2ccc(C#N)cc2Br)c1. The number of nitrogens with zero attached hydrogens (tertiary/aromatic N) is 2. The van der Waals surface area contributed by atoms with Crippen LogP contribution < -0.4 is 10.6 Å². The second-order valence-electron chi connectivity index (χ2n) is 3.92. The molecule has 2 rings (SSSR count). The third kappa shape index (κ3) is 3.46. The molecular weight excluding hydrogens is 304 g/mol. The Hall–Kier alpha value is -2.06. The maximum absolute atomic E-state index is 8.83. The maximum atomic E-state index is 8.83. The molecule has 0 atom stereocenters. The van der Waals surface area contributed by atoms with Crippen molar-refractivity contribution in [2.75, 3.05) is 17.2 Å². The summed E-state index contributed by atoms with van der Waals surface area (Å²) in [6.07, 6.45) is 3.54. The Kier molecular flexibility index (Phi) is 4.37. The van der Waals surface area contributed by atoms with E-state index in [4.69, 9.17) is 5.26 Å². The highest BCUT2D eigenvalue weighted by atomic mass is 79.9. The molecule has 2 N–H and O–H groups in total. The first kappa shape index (κ1) is 13.4. The molecule has 1 heterocycles. The summed E-state index contributed by atoms with van der Waals surface area (Å²) < 4.78 is 0.848. The third-order valence-electron chi connectivity index (χ3n) is 2.50. The van der Waals surface area contributed by atoms with E-state index in [1.54, 1.807) is 24.5 Å².